The molecule has 1 aromatic carbocycles. The van der Waals surface area contributed by atoms with Crippen LogP contribution in [0.1, 0.15) is 19.3 Å². The smallest absolute Gasteiger partial charge is 0.119 e. The molecule has 2 aliphatic rings. The lowest BCUT2D eigenvalue weighted by Gasteiger charge is -2.24. The van der Waals surface area contributed by atoms with Gasteiger partial charge in [-0.2, -0.15) is 0 Å². The Morgan fingerprint density at radius 3 is 2.95 bits per heavy atom. The van der Waals surface area contributed by atoms with Gasteiger partial charge in [-0.15, -0.1) is 0 Å². The number of aliphatic hydroxyl groups is 2. The minimum Gasteiger partial charge on any atom is -0.491 e. The van der Waals surface area contributed by atoms with Crippen molar-refractivity contribution in [3.63, 3.8) is 0 Å². The largest absolute Gasteiger partial charge is 0.491 e. The van der Waals surface area contributed by atoms with E-state index in [0.717, 1.165) is 25.0 Å². The van der Waals surface area contributed by atoms with Gasteiger partial charge in [-0.25, -0.2) is 0 Å². The number of rotatable bonds is 5. The number of hydrogen-bond donors (Lipinski definition) is 2. The molecule has 0 bridgehead atoms. The Morgan fingerprint density at radius 1 is 1.33 bits per heavy atom. The van der Waals surface area contributed by atoms with Crippen molar-refractivity contribution in [1.29, 1.82) is 0 Å². The predicted octanol–water partition coefficient (Wildman–Crippen LogP) is 2.70. The number of aliphatic hydroxyl groups excluding tert-OH is 2. The Kier molecular flexibility index (Phi) is 4.13. The van der Waals surface area contributed by atoms with Gasteiger partial charge in [0.25, 0.3) is 0 Å². The first-order valence-corrected chi connectivity index (χ1v) is 7.59. The highest BCUT2D eigenvalue weighted by molar-refractivity contribution is 5.24. The van der Waals surface area contributed by atoms with E-state index in [2.05, 4.69) is 18.2 Å². The molecule has 4 atom stereocenters. The monoisotopic (exact) mass is 286 g/mol. The Hall–Kier alpha value is -1.58. The Labute approximate surface area is 125 Å². The molecule has 21 heavy (non-hydrogen) atoms. The highest BCUT2D eigenvalue weighted by Crippen LogP contribution is 2.51. The summed E-state index contributed by atoms with van der Waals surface area (Å²) in [5.74, 6) is 1.24. The van der Waals surface area contributed by atoms with Gasteiger partial charge >= 0.3 is 0 Å². The zero-order valence-corrected chi connectivity index (χ0v) is 12.1. The zero-order chi connectivity index (χ0) is 14.7. The maximum absolute atomic E-state index is 10.1. The van der Waals surface area contributed by atoms with Crippen molar-refractivity contribution in [2.24, 2.45) is 11.3 Å². The normalized spacial score (nSPS) is 32.5. The number of allylic oxidation sites excluding steroid dienone is 3. The van der Waals surface area contributed by atoms with Gasteiger partial charge in [-0.1, -0.05) is 42.5 Å². The number of para-hydroxylation sites is 1. The van der Waals surface area contributed by atoms with Gasteiger partial charge in [0.05, 0.1) is 6.10 Å². The molecular formula is C18H22O3. The van der Waals surface area contributed by atoms with Crippen LogP contribution in [0.25, 0.3) is 0 Å². The minimum absolute atomic E-state index is 0.0624. The van der Waals surface area contributed by atoms with Crippen LogP contribution in [0.2, 0.25) is 0 Å². The van der Waals surface area contributed by atoms with Gasteiger partial charge in [0.2, 0.25) is 0 Å². The summed E-state index contributed by atoms with van der Waals surface area (Å²) in [4.78, 5) is 0. The van der Waals surface area contributed by atoms with E-state index < -0.39 is 6.10 Å². The molecule has 3 heteroatoms. The molecule has 2 aliphatic carbocycles. The summed E-state index contributed by atoms with van der Waals surface area (Å²) in [6, 6.07) is 9.49. The van der Waals surface area contributed by atoms with Crippen LogP contribution in [0.5, 0.6) is 5.75 Å². The van der Waals surface area contributed by atoms with E-state index in [9.17, 15) is 10.2 Å². The fraction of sp³-hybridized carbons (Fsp3) is 0.444. The Morgan fingerprint density at radius 2 is 2.14 bits per heavy atom. The van der Waals surface area contributed by atoms with Crippen molar-refractivity contribution >= 4 is 0 Å². The molecule has 112 valence electrons. The third-order valence-corrected chi connectivity index (χ3v) is 4.55. The molecule has 0 saturated heterocycles. The van der Waals surface area contributed by atoms with E-state index in [1.165, 1.54) is 0 Å². The molecule has 3 unspecified atom stereocenters. The van der Waals surface area contributed by atoms with Gasteiger partial charge in [0, 0.05) is 5.41 Å². The molecule has 0 heterocycles. The lowest BCUT2D eigenvalue weighted by Crippen LogP contribution is -2.20. The maximum Gasteiger partial charge on any atom is 0.119 e. The molecule has 2 N–H and O–H groups in total. The highest BCUT2D eigenvalue weighted by atomic mass is 16.5. The molecule has 0 aromatic heterocycles. The second kappa shape index (κ2) is 6.04. The van der Waals surface area contributed by atoms with Crippen molar-refractivity contribution in [3.05, 3.63) is 54.6 Å². The second-order valence-electron chi connectivity index (χ2n) is 6.09. The summed E-state index contributed by atoms with van der Waals surface area (Å²) in [6.07, 6.45) is 10.0. The van der Waals surface area contributed by atoms with Gasteiger partial charge in [-0.05, 0) is 37.3 Å². The third-order valence-electron chi connectivity index (χ3n) is 4.55. The molecule has 3 rings (SSSR count). The van der Waals surface area contributed by atoms with Crippen molar-refractivity contribution in [3.8, 4) is 5.75 Å². The SMILES string of the molecule is OC1CC2CC=CC2(/C=C/[C@@H](O)COc2ccccc2)C1. The Balaban J connectivity index is 1.57. The summed E-state index contributed by atoms with van der Waals surface area (Å²) in [7, 11) is 0. The quantitative estimate of drug-likeness (QED) is 0.818. The van der Waals surface area contributed by atoms with E-state index in [-0.39, 0.29) is 18.1 Å². The van der Waals surface area contributed by atoms with Crippen molar-refractivity contribution in [2.45, 2.75) is 31.5 Å². The fourth-order valence-electron chi connectivity index (χ4n) is 3.48. The van der Waals surface area contributed by atoms with Gasteiger partial charge in [0.15, 0.2) is 0 Å². The minimum atomic E-state index is -0.632. The average molecular weight is 286 g/mol. The first-order valence-electron chi connectivity index (χ1n) is 7.59. The Bertz CT molecular complexity index is 523. The molecule has 0 radical (unpaired) electrons. The molecule has 1 saturated carbocycles. The van der Waals surface area contributed by atoms with Crippen LogP contribution in [-0.2, 0) is 0 Å². The van der Waals surface area contributed by atoms with Crippen molar-refractivity contribution in [1.82, 2.24) is 0 Å². The lowest BCUT2D eigenvalue weighted by molar-refractivity contribution is 0.143. The van der Waals surface area contributed by atoms with Crippen LogP contribution in [-0.4, -0.2) is 29.0 Å². The molecule has 0 amide bonds. The molecule has 1 fully saturated rings. The lowest BCUT2D eigenvalue weighted by atomic mass is 9.80. The number of ether oxygens (including phenoxy) is 1. The van der Waals surface area contributed by atoms with Crippen LogP contribution in [0.15, 0.2) is 54.6 Å². The zero-order valence-electron chi connectivity index (χ0n) is 12.1. The number of fused-ring (bicyclic) bond motifs is 1. The first kappa shape index (κ1) is 14.4. The molecule has 3 nitrogen and oxygen atoms in total. The standard InChI is InChI=1S/C18H22O3/c19-15(13-21-17-6-2-1-3-7-17)8-10-18-9-4-5-14(18)11-16(20)12-18/h1-4,6-10,14-16,19-20H,5,11-13H2/b10-8+/t14?,15-,16?,18?/m1/s1. The summed E-state index contributed by atoms with van der Waals surface area (Å²) in [5, 5.41) is 19.9. The molecule has 0 aliphatic heterocycles. The molecule has 1 aromatic rings. The second-order valence-corrected chi connectivity index (χ2v) is 6.09. The summed E-state index contributed by atoms with van der Waals surface area (Å²) >= 11 is 0. The van der Waals surface area contributed by atoms with Crippen LogP contribution in [0.4, 0.5) is 0 Å². The molecular weight excluding hydrogens is 264 g/mol. The summed E-state index contributed by atoms with van der Waals surface area (Å²) < 4.78 is 5.54. The fourth-order valence-corrected chi connectivity index (χ4v) is 3.48. The topological polar surface area (TPSA) is 49.7 Å². The van der Waals surface area contributed by atoms with E-state index in [1.54, 1.807) is 0 Å². The van der Waals surface area contributed by atoms with E-state index in [0.29, 0.717) is 5.92 Å². The van der Waals surface area contributed by atoms with E-state index in [1.807, 2.05) is 36.4 Å². The van der Waals surface area contributed by atoms with Crippen LogP contribution < -0.4 is 4.74 Å². The third kappa shape index (κ3) is 3.20. The van der Waals surface area contributed by atoms with Gasteiger partial charge in [-0.3, -0.25) is 0 Å². The average Bonchev–Trinajstić information content (AvgIpc) is 3.00. The summed E-state index contributed by atoms with van der Waals surface area (Å²) in [5.41, 5.74) is -0.0624. The van der Waals surface area contributed by atoms with Crippen LogP contribution in [0, 0.1) is 11.3 Å². The van der Waals surface area contributed by atoms with Crippen LogP contribution >= 0.6 is 0 Å². The highest BCUT2D eigenvalue weighted by Gasteiger charge is 2.45. The van der Waals surface area contributed by atoms with Crippen molar-refractivity contribution in [2.75, 3.05) is 6.61 Å². The molecule has 0 spiro atoms. The van der Waals surface area contributed by atoms with Crippen molar-refractivity contribution < 1.29 is 14.9 Å². The van der Waals surface area contributed by atoms with Gasteiger partial charge in [0.1, 0.15) is 18.5 Å². The number of hydrogen-bond acceptors (Lipinski definition) is 3. The van der Waals surface area contributed by atoms with Crippen LogP contribution in [0.3, 0.4) is 0 Å². The predicted molar refractivity (Wildman–Crippen MR) is 82.0 cm³/mol. The first-order chi connectivity index (χ1) is 10.2. The van der Waals surface area contributed by atoms with Gasteiger partial charge < -0.3 is 14.9 Å². The van der Waals surface area contributed by atoms with E-state index >= 15 is 0 Å². The maximum atomic E-state index is 10.1. The summed E-state index contributed by atoms with van der Waals surface area (Å²) in [6.45, 7) is 0.244. The number of benzene rings is 1. The van der Waals surface area contributed by atoms with E-state index in [4.69, 9.17) is 4.74 Å².